The third kappa shape index (κ3) is 3.14. The van der Waals surface area contributed by atoms with Gasteiger partial charge >= 0.3 is 0 Å². The quantitative estimate of drug-likeness (QED) is 0.556. The second kappa shape index (κ2) is 6.82. The van der Waals surface area contributed by atoms with Gasteiger partial charge in [0.15, 0.2) is 0 Å². The van der Waals surface area contributed by atoms with E-state index in [-0.39, 0.29) is 16.9 Å². The van der Waals surface area contributed by atoms with Gasteiger partial charge in [0.25, 0.3) is 5.56 Å². The van der Waals surface area contributed by atoms with Crippen LogP contribution < -0.4 is 5.56 Å². The number of benzene rings is 2. The summed E-state index contributed by atoms with van der Waals surface area (Å²) < 4.78 is 15.2. The summed E-state index contributed by atoms with van der Waals surface area (Å²) in [6.45, 7) is 1.80. The van der Waals surface area contributed by atoms with E-state index in [1.54, 1.807) is 12.1 Å². The van der Waals surface area contributed by atoms with Gasteiger partial charge in [0.1, 0.15) is 11.6 Å². The van der Waals surface area contributed by atoms with Gasteiger partial charge in [0, 0.05) is 29.6 Å². The molecular weight excluding hydrogens is 365 g/mol. The molecule has 1 atom stereocenters. The fourth-order valence-corrected chi connectivity index (χ4v) is 4.65. The van der Waals surface area contributed by atoms with Crippen LogP contribution in [0.15, 0.2) is 47.3 Å². The van der Waals surface area contributed by atoms with Gasteiger partial charge in [-0.2, -0.15) is 0 Å². The number of fused-ring (bicyclic) bond motifs is 2. The van der Waals surface area contributed by atoms with Crippen LogP contribution in [0.2, 0.25) is 0 Å². The molecule has 3 heterocycles. The first kappa shape index (κ1) is 18.1. The SMILES string of the molecule is CN1CCCCC12Cc1nc3cc(C#Cc4cccc(F)c4)ccc3c(=O)n1C2. The van der Waals surface area contributed by atoms with E-state index >= 15 is 0 Å². The van der Waals surface area contributed by atoms with Crippen LogP contribution in [0.4, 0.5) is 4.39 Å². The van der Waals surface area contributed by atoms with Crippen LogP contribution in [0.5, 0.6) is 0 Å². The van der Waals surface area contributed by atoms with Crippen molar-refractivity contribution in [2.24, 2.45) is 0 Å². The van der Waals surface area contributed by atoms with Gasteiger partial charge in [-0.1, -0.05) is 24.3 Å². The Morgan fingerprint density at radius 3 is 2.72 bits per heavy atom. The summed E-state index contributed by atoms with van der Waals surface area (Å²) in [6.07, 6.45) is 4.33. The molecule has 3 aromatic rings. The average Bonchev–Trinajstić information content (AvgIpc) is 3.08. The third-order valence-electron chi connectivity index (χ3n) is 6.35. The number of nitrogens with zero attached hydrogens (tertiary/aromatic N) is 3. The molecule has 2 aliphatic heterocycles. The van der Waals surface area contributed by atoms with E-state index in [0.717, 1.165) is 37.3 Å². The summed E-state index contributed by atoms with van der Waals surface area (Å²) in [5, 5.41) is 0.626. The van der Waals surface area contributed by atoms with Crippen molar-refractivity contribution in [1.82, 2.24) is 14.5 Å². The van der Waals surface area contributed by atoms with Gasteiger partial charge in [0.05, 0.1) is 10.9 Å². The Hall–Kier alpha value is -2.97. The predicted molar refractivity (Wildman–Crippen MR) is 111 cm³/mol. The summed E-state index contributed by atoms with van der Waals surface area (Å²) in [5.41, 5.74) is 2.12. The minimum atomic E-state index is -0.304. The molecular formula is C24H22FN3O. The number of aromatic nitrogens is 2. The Morgan fingerprint density at radius 1 is 1.10 bits per heavy atom. The summed E-state index contributed by atoms with van der Waals surface area (Å²) in [4.78, 5) is 20.4. The normalized spacial score (nSPS) is 21.2. The number of hydrogen-bond acceptors (Lipinski definition) is 3. The van der Waals surface area contributed by atoms with Gasteiger partial charge < -0.3 is 0 Å². The summed E-state index contributed by atoms with van der Waals surface area (Å²) in [7, 11) is 2.16. The first-order chi connectivity index (χ1) is 14.0. The van der Waals surface area contributed by atoms with Crippen LogP contribution in [0.25, 0.3) is 10.9 Å². The molecule has 0 bridgehead atoms. The molecule has 0 radical (unpaired) electrons. The number of hydrogen-bond donors (Lipinski definition) is 0. The smallest absolute Gasteiger partial charge is 0.261 e. The van der Waals surface area contributed by atoms with E-state index in [2.05, 4.69) is 23.8 Å². The first-order valence-corrected chi connectivity index (χ1v) is 10.1. The Balaban J connectivity index is 1.53. The van der Waals surface area contributed by atoms with E-state index < -0.39 is 0 Å². The lowest BCUT2D eigenvalue weighted by atomic mass is 9.86. The van der Waals surface area contributed by atoms with Crippen LogP contribution in [-0.4, -0.2) is 33.6 Å². The molecule has 4 nitrogen and oxygen atoms in total. The van der Waals surface area contributed by atoms with Crippen molar-refractivity contribution in [3.05, 3.63) is 75.6 Å². The van der Waals surface area contributed by atoms with Gasteiger partial charge in [-0.05, 0) is 62.8 Å². The number of likely N-dealkylation sites (tertiary alicyclic amines) is 1. The highest BCUT2D eigenvalue weighted by Crippen LogP contribution is 2.35. The summed E-state index contributed by atoms with van der Waals surface area (Å²) >= 11 is 0. The molecule has 1 unspecified atom stereocenters. The molecule has 29 heavy (non-hydrogen) atoms. The van der Waals surface area contributed by atoms with Crippen LogP contribution >= 0.6 is 0 Å². The van der Waals surface area contributed by atoms with Gasteiger partial charge in [0.2, 0.25) is 0 Å². The number of piperidine rings is 1. The monoisotopic (exact) mass is 387 g/mol. The van der Waals surface area contributed by atoms with Crippen molar-refractivity contribution in [1.29, 1.82) is 0 Å². The van der Waals surface area contributed by atoms with E-state index in [1.165, 1.54) is 25.0 Å². The Morgan fingerprint density at radius 2 is 1.93 bits per heavy atom. The fourth-order valence-electron chi connectivity index (χ4n) is 4.65. The number of likely N-dealkylation sites (N-methyl/N-ethyl adjacent to an activating group) is 1. The van der Waals surface area contributed by atoms with E-state index in [1.807, 2.05) is 22.8 Å². The highest BCUT2D eigenvalue weighted by Gasteiger charge is 2.43. The van der Waals surface area contributed by atoms with Crippen LogP contribution in [-0.2, 0) is 13.0 Å². The molecule has 1 fully saturated rings. The first-order valence-electron chi connectivity index (χ1n) is 10.1. The van der Waals surface area contributed by atoms with Gasteiger partial charge in [-0.3, -0.25) is 14.3 Å². The Labute approximate surface area is 169 Å². The molecule has 0 N–H and O–H groups in total. The highest BCUT2D eigenvalue weighted by molar-refractivity contribution is 5.79. The van der Waals surface area contributed by atoms with Crippen molar-refractivity contribution < 1.29 is 4.39 Å². The standard InChI is InChI=1S/C24H22FN3O/c1-27-12-3-2-11-24(27)15-22-26-21-14-18(8-7-17-5-4-6-19(25)13-17)9-10-20(21)23(29)28(22)16-24/h4-6,9-10,13-14H,2-3,11-12,15-16H2,1H3. The number of rotatable bonds is 0. The zero-order chi connectivity index (χ0) is 20.0. The lowest BCUT2D eigenvalue weighted by Crippen LogP contribution is -2.51. The molecule has 5 heteroatoms. The molecule has 146 valence electrons. The van der Waals surface area contributed by atoms with Crippen molar-refractivity contribution >= 4 is 10.9 Å². The Kier molecular flexibility index (Phi) is 4.25. The molecule has 1 saturated heterocycles. The minimum Gasteiger partial charge on any atom is -0.298 e. The molecule has 1 spiro atoms. The van der Waals surface area contributed by atoms with Gasteiger partial charge in [-0.25, -0.2) is 9.37 Å². The highest BCUT2D eigenvalue weighted by atomic mass is 19.1. The fraction of sp³-hybridized carbons (Fsp3) is 0.333. The maximum Gasteiger partial charge on any atom is 0.261 e. The second-order valence-electron chi connectivity index (χ2n) is 8.19. The van der Waals surface area contributed by atoms with Crippen LogP contribution in [0.3, 0.4) is 0 Å². The maximum atomic E-state index is 13.3. The van der Waals surface area contributed by atoms with Crippen LogP contribution in [0, 0.1) is 17.7 Å². The van der Waals surface area contributed by atoms with Gasteiger partial charge in [-0.15, -0.1) is 0 Å². The summed E-state index contributed by atoms with van der Waals surface area (Å²) in [5.74, 6) is 6.60. The van der Waals surface area contributed by atoms with E-state index in [0.29, 0.717) is 16.5 Å². The van der Waals surface area contributed by atoms with Crippen molar-refractivity contribution in [3.8, 4) is 11.8 Å². The number of halogens is 1. The summed E-state index contributed by atoms with van der Waals surface area (Å²) in [6, 6.07) is 11.7. The predicted octanol–water partition coefficient (Wildman–Crippen LogP) is 3.35. The maximum absolute atomic E-state index is 13.3. The largest absolute Gasteiger partial charge is 0.298 e. The van der Waals surface area contributed by atoms with E-state index in [9.17, 15) is 9.18 Å². The van der Waals surface area contributed by atoms with Crippen molar-refractivity contribution in [2.45, 2.75) is 37.8 Å². The molecule has 2 aliphatic rings. The van der Waals surface area contributed by atoms with Crippen molar-refractivity contribution in [2.75, 3.05) is 13.6 Å². The average molecular weight is 387 g/mol. The zero-order valence-electron chi connectivity index (χ0n) is 16.4. The lowest BCUT2D eigenvalue weighted by Gasteiger charge is -2.41. The zero-order valence-corrected chi connectivity index (χ0v) is 16.4. The minimum absolute atomic E-state index is 0.0226. The van der Waals surface area contributed by atoms with Crippen molar-refractivity contribution in [3.63, 3.8) is 0 Å². The third-order valence-corrected chi connectivity index (χ3v) is 6.35. The second-order valence-corrected chi connectivity index (χ2v) is 8.19. The molecule has 5 rings (SSSR count). The molecule has 2 aromatic carbocycles. The Bertz CT molecular complexity index is 1240. The molecule has 0 saturated carbocycles. The topological polar surface area (TPSA) is 38.1 Å². The molecule has 0 aliphatic carbocycles. The molecule has 0 amide bonds. The molecule has 1 aromatic heterocycles. The lowest BCUT2D eigenvalue weighted by molar-refractivity contribution is 0.0729. The van der Waals surface area contributed by atoms with Crippen LogP contribution in [0.1, 0.15) is 36.2 Å². The van der Waals surface area contributed by atoms with E-state index in [4.69, 9.17) is 4.98 Å².